The fourth-order valence-corrected chi connectivity index (χ4v) is 4.04. The van der Waals surface area contributed by atoms with Crippen LogP contribution in [0.5, 0.6) is 0 Å². The molecule has 4 aromatic rings. The monoisotopic (exact) mass is 412 g/mol. The van der Waals surface area contributed by atoms with E-state index in [4.69, 9.17) is 0 Å². The molecule has 156 valence electrons. The zero-order chi connectivity index (χ0) is 21.0. The van der Waals surface area contributed by atoms with Crippen molar-refractivity contribution in [3.8, 4) is 0 Å². The van der Waals surface area contributed by atoms with Gasteiger partial charge in [0.1, 0.15) is 24.5 Å². The Balaban J connectivity index is 1.22. The SMILES string of the molecule is O=C(Cn1ccc2ccccc21)Nc1cc(N2CCN(c3ccccc3)CC2)ncn1. The molecule has 0 spiro atoms. The fourth-order valence-electron chi connectivity index (χ4n) is 4.04. The average molecular weight is 412 g/mol. The molecule has 0 radical (unpaired) electrons. The summed E-state index contributed by atoms with van der Waals surface area (Å²) in [4.78, 5) is 25.9. The van der Waals surface area contributed by atoms with Gasteiger partial charge in [0.15, 0.2) is 0 Å². The molecule has 5 rings (SSSR count). The highest BCUT2D eigenvalue weighted by atomic mass is 16.2. The number of rotatable bonds is 5. The minimum atomic E-state index is -0.111. The van der Waals surface area contributed by atoms with Crippen LogP contribution in [-0.2, 0) is 11.3 Å². The first-order valence-corrected chi connectivity index (χ1v) is 10.5. The number of carbonyl (C=O) groups excluding carboxylic acids is 1. The third kappa shape index (κ3) is 4.21. The van der Waals surface area contributed by atoms with E-state index in [1.807, 2.05) is 53.2 Å². The fraction of sp³-hybridized carbons (Fsp3) is 0.208. The van der Waals surface area contributed by atoms with Crippen LogP contribution >= 0.6 is 0 Å². The molecule has 1 saturated heterocycles. The lowest BCUT2D eigenvalue weighted by atomic mass is 10.2. The molecule has 7 heteroatoms. The summed E-state index contributed by atoms with van der Waals surface area (Å²) in [7, 11) is 0. The number of nitrogens with zero attached hydrogens (tertiary/aromatic N) is 5. The van der Waals surface area contributed by atoms with Gasteiger partial charge in [-0.25, -0.2) is 9.97 Å². The van der Waals surface area contributed by atoms with Crippen molar-refractivity contribution in [3.05, 3.63) is 79.3 Å². The molecule has 0 unspecified atom stereocenters. The van der Waals surface area contributed by atoms with E-state index in [9.17, 15) is 4.79 Å². The van der Waals surface area contributed by atoms with Crippen molar-refractivity contribution >= 4 is 34.1 Å². The van der Waals surface area contributed by atoms with Crippen molar-refractivity contribution in [1.82, 2.24) is 14.5 Å². The van der Waals surface area contributed by atoms with Gasteiger partial charge in [-0.15, -0.1) is 0 Å². The molecule has 1 amide bonds. The van der Waals surface area contributed by atoms with Crippen LogP contribution in [0.25, 0.3) is 10.9 Å². The highest BCUT2D eigenvalue weighted by Crippen LogP contribution is 2.20. The number of hydrogen-bond donors (Lipinski definition) is 1. The number of amides is 1. The van der Waals surface area contributed by atoms with Gasteiger partial charge < -0.3 is 19.7 Å². The van der Waals surface area contributed by atoms with E-state index in [-0.39, 0.29) is 12.5 Å². The first kappa shape index (κ1) is 19.1. The summed E-state index contributed by atoms with van der Waals surface area (Å²) < 4.78 is 1.94. The number of piperazine rings is 1. The summed E-state index contributed by atoms with van der Waals surface area (Å²) in [5.41, 5.74) is 2.28. The number of hydrogen-bond acceptors (Lipinski definition) is 5. The van der Waals surface area contributed by atoms with Gasteiger partial charge in [0, 0.05) is 49.6 Å². The summed E-state index contributed by atoms with van der Waals surface area (Å²) in [6, 6.07) is 22.3. The number of fused-ring (bicyclic) bond motifs is 1. The van der Waals surface area contributed by atoms with E-state index < -0.39 is 0 Å². The highest BCUT2D eigenvalue weighted by molar-refractivity contribution is 5.91. The lowest BCUT2D eigenvalue weighted by molar-refractivity contribution is -0.116. The summed E-state index contributed by atoms with van der Waals surface area (Å²) >= 11 is 0. The lowest BCUT2D eigenvalue weighted by Crippen LogP contribution is -2.46. The molecular formula is C24H24N6O. The van der Waals surface area contributed by atoms with Crippen LogP contribution in [0.3, 0.4) is 0 Å². The van der Waals surface area contributed by atoms with Crippen molar-refractivity contribution in [2.75, 3.05) is 41.3 Å². The van der Waals surface area contributed by atoms with E-state index in [0.717, 1.165) is 42.9 Å². The van der Waals surface area contributed by atoms with Crippen molar-refractivity contribution in [1.29, 1.82) is 0 Å². The van der Waals surface area contributed by atoms with Crippen LogP contribution in [0.15, 0.2) is 79.3 Å². The smallest absolute Gasteiger partial charge is 0.245 e. The predicted octanol–water partition coefficient (Wildman–Crippen LogP) is 3.40. The Hall–Kier alpha value is -3.87. The predicted molar refractivity (Wildman–Crippen MR) is 123 cm³/mol. The van der Waals surface area contributed by atoms with Crippen LogP contribution in [-0.4, -0.2) is 46.6 Å². The summed E-state index contributed by atoms with van der Waals surface area (Å²) in [5.74, 6) is 1.25. The quantitative estimate of drug-likeness (QED) is 0.544. The summed E-state index contributed by atoms with van der Waals surface area (Å²) in [6.45, 7) is 3.83. The van der Waals surface area contributed by atoms with Crippen LogP contribution < -0.4 is 15.1 Å². The van der Waals surface area contributed by atoms with Gasteiger partial charge in [0.2, 0.25) is 5.91 Å². The molecule has 1 N–H and O–H groups in total. The van der Waals surface area contributed by atoms with E-state index in [1.54, 1.807) is 0 Å². The molecule has 1 aliphatic heterocycles. The number of aromatic nitrogens is 3. The van der Waals surface area contributed by atoms with Crippen molar-refractivity contribution in [2.45, 2.75) is 6.54 Å². The van der Waals surface area contributed by atoms with Crippen LogP contribution in [0.2, 0.25) is 0 Å². The molecule has 0 atom stereocenters. The molecule has 31 heavy (non-hydrogen) atoms. The third-order valence-electron chi connectivity index (χ3n) is 5.64. The molecule has 0 bridgehead atoms. The van der Waals surface area contributed by atoms with Crippen LogP contribution in [0, 0.1) is 0 Å². The van der Waals surface area contributed by atoms with Gasteiger partial charge in [-0.3, -0.25) is 4.79 Å². The van der Waals surface area contributed by atoms with Crippen molar-refractivity contribution in [2.24, 2.45) is 0 Å². The normalized spacial score (nSPS) is 14.1. The molecule has 1 aliphatic rings. The van der Waals surface area contributed by atoms with Crippen LogP contribution in [0.1, 0.15) is 0 Å². The Morgan fingerprint density at radius 3 is 2.45 bits per heavy atom. The zero-order valence-corrected chi connectivity index (χ0v) is 17.2. The molecule has 2 aromatic heterocycles. The minimum absolute atomic E-state index is 0.111. The first-order chi connectivity index (χ1) is 15.3. The average Bonchev–Trinajstić information content (AvgIpc) is 3.23. The van der Waals surface area contributed by atoms with Gasteiger partial charge in [-0.2, -0.15) is 0 Å². The van der Waals surface area contributed by atoms with Gasteiger partial charge >= 0.3 is 0 Å². The second-order valence-corrected chi connectivity index (χ2v) is 7.62. The standard InChI is InChI=1S/C24H24N6O/c31-24(17-30-11-10-19-6-4-5-9-21(19)30)27-22-16-23(26-18-25-22)29-14-12-28(13-15-29)20-7-2-1-3-8-20/h1-11,16,18H,12-15,17H2,(H,25,26,27,31). The topological polar surface area (TPSA) is 66.3 Å². The molecule has 2 aromatic carbocycles. The Morgan fingerprint density at radius 2 is 1.61 bits per heavy atom. The van der Waals surface area contributed by atoms with E-state index in [1.165, 1.54) is 12.0 Å². The first-order valence-electron chi connectivity index (χ1n) is 10.5. The summed E-state index contributed by atoms with van der Waals surface area (Å²) in [5, 5.41) is 4.03. The number of nitrogens with one attached hydrogen (secondary N) is 1. The van der Waals surface area contributed by atoms with Crippen molar-refractivity contribution in [3.63, 3.8) is 0 Å². The number of anilines is 3. The Morgan fingerprint density at radius 1 is 0.871 bits per heavy atom. The van der Waals surface area contributed by atoms with Crippen molar-refractivity contribution < 1.29 is 4.79 Å². The van der Waals surface area contributed by atoms with E-state index >= 15 is 0 Å². The Bertz CT molecular complexity index is 1180. The number of carbonyl (C=O) groups is 1. The number of benzene rings is 2. The van der Waals surface area contributed by atoms with E-state index in [2.05, 4.69) is 49.4 Å². The maximum absolute atomic E-state index is 12.6. The third-order valence-corrected chi connectivity index (χ3v) is 5.64. The zero-order valence-electron chi connectivity index (χ0n) is 17.2. The van der Waals surface area contributed by atoms with Gasteiger partial charge in [0.25, 0.3) is 0 Å². The number of para-hydroxylation sites is 2. The molecule has 0 saturated carbocycles. The molecule has 7 nitrogen and oxygen atoms in total. The largest absolute Gasteiger partial charge is 0.368 e. The maximum Gasteiger partial charge on any atom is 0.245 e. The van der Waals surface area contributed by atoms with Crippen LogP contribution in [0.4, 0.5) is 17.3 Å². The van der Waals surface area contributed by atoms with E-state index in [0.29, 0.717) is 5.82 Å². The molecule has 1 fully saturated rings. The molecule has 0 aliphatic carbocycles. The van der Waals surface area contributed by atoms with Gasteiger partial charge in [-0.05, 0) is 29.7 Å². The second-order valence-electron chi connectivity index (χ2n) is 7.62. The molecular weight excluding hydrogens is 388 g/mol. The lowest BCUT2D eigenvalue weighted by Gasteiger charge is -2.36. The maximum atomic E-state index is 12.6. The van der Waals surface area contributed by atoms with Gasteiger partial charge in [-0.1, -0.05) is 36.4 Å². The second kappa shape index (κ2) is 8.47. The summed E-state index contributed by atoms with van der Waals surface area (Å²) in [6.07, 6.45) is 3.45. The Kier molecular flexibility index (Phi) is 5.22. The minimum Gasteiger partial charge on any atom is -0.368 e. The molecule has 3 heterocycles. The highest BCUT2D eigenvalue weighted by Gasteiger charge is 2.19. The Labute approximate surface area is 181 Å². The van der Waals surface area contributed by atoms with Gasteiger partial charge in [0.05, 0.1) is 0 Å².